The van der Waals surface area contributed by atoms with Crippen LogP contribution in [-0.4, -0.2) is 7.11 Å². The van der Waals surface area contributed by atoms with Gasteiger partial charge in [-0.25, -0.2) is 4.39 Å². The van der Waals surface area contributed by atoms with Crippen molar-refractivity contribution in [3.05, 3.63) is 101 Å². The number of ether oxygens (including phenoxy) is 1. The minimum atomic E-state index is -0.939. The molecule has 0 aromatic heterocycles. The molecule has 196 valence electrons. The summed E-state index contributed by atoms with van der Waals surface area (Å²) in [6, 6.07) is 20.2. The standard InChI is InChI=1S/C34H40F2O/c1-3-4-5-8-25-11-13-26(14-12-25)9-6-7-10-27-15-17-28(18-16-27)29-19-21-30(22-20-29)31-23-24-32(37-2)34(36)33(31)35/h7,10-14,19-24,27-28H,3-6,8-9,15-18H2,1-2H3/b10-7+. The molecule has 3 aromatic carbocycles. The fourth-order valence-corrected chi connectivity index (χ4v) is 5.48. The molecular weight excluding hydrogens is 462 g/mol. The van der Waals surface area contributed by atoms with Gasteiger partial charge in [-0.1, -0.05) is 80.4 Å². The van der Waals surface area contributed by atoms with Gasteiger partial charge in [0.05, 0.1) is 7.11 Å². The lowest BCUT2D eigenvalue weighted by atomic mass is 9.78. The molecule has 1 saturated carbocycles. The number of halogens is 2. The predicted octanol–water partition coefficient (Wildman–Crippen LogP) is 9.84. The summed E-state index contributed by atoms with van der Waals surface area (Å²) >= 11 is 0. The van der Waals surface area contributed by atoms with Gasteiger partial charge >= 0.3 is 0 Å². The first-order valence-corrected chi connectivity index (χ1v) is 14.0. The molecule has 4 rings (SSSR count). The summed E-state index contributed by atoms with van der Waals surface area (Å²) in [6.45, 7) is 2.25. The third-order valence-electron chi connectivity index (χ3n) is 7.83. The normalized spacial score (nSPS) is 17.8. The number of allylic oxidation sites excluding steroid dienone is 2. The van der Waals surface area contributed by atoms with Crippen molar-refractivity contribution < 1.29 is 13.5 Å². The van der Waals surface area contributed by atoms with Crippen LogP contribution >= 0.6 is 0 Å². The maximum atomic E-state index is 14.5. The number of aryl methyl sites for hydroxylation is 2. The first-order valence-electron chi connectivity index (χ1n) is 14.0. The Morgan fingerprint density at radius 2 is 1.46 bits per heavy atom. The largest absolute Gasteiger partial charge is 0.494 e. The van der Waals surface area contributed by atoms with Gasteiger partial charge in [0.15, 0.2) is 11.6 Å². The molecule has 0 unspecified atom stereocenters. The van der Waals surface area contributed by atoms with Gasteiger partial charge in [0.1, 0.15) is 0 Å². The van der Waals surface area contributed by atoms with Crippen LogP contribution in [0, 0.1) is 17.6 Å². The number of benzene rings is 3. The van der Waals surface area contributed by atoms with Crippen molar-refractivity contribution in [1.29, 1.82) is 0 Å². The SMILES string of the molecule is CCCCCc1ccc(CC/C=C/C2CCC(c3ccc(-c4ccc(OC)c(F)c4F)cc3)CC2)cc1. The van der Waals surface area contributed by atoms with E-state index in [0.29, 0.717) is 17.4 Å². The highest BCUT2D eigenvalue weighted by atomic mass is 19.2. The number of unbranched alkanes of at least 4 members (excludes halogenated alkanes) is 2. The third kappa shape index (κ3) is 7.31. The second-order valence-electron chi connectivity index (χ2n) is 10.4. The molecule has 37 heavy (non-hydrogen) atoms. The molecule has 0 amide bonds. The monoisotopic (exact) mass is 502 g/mol. The van der Waals surface area contributed by atoms with E-state index in [9.17, 15) is 8.78 Å². The molecule has 0 heterocycles. The summed E-state index contributed by atoms with van der Waals surface area (Å²) in [6.07, 6.45) is 16.8. The van der Waals surface area contributed by atoms with Crippen LogP contribution in [0.5, 0.6) is 5.75 Å². The van der Waals surface area contributed by atoms with Gasteiger partial charge in [0, 0.05) is 5.56 Å². The molecule has 0 N–H and O–H groups in total. The smallest absolute Gasteiger partial charge is 0.201 e. The van der Waals surface area contributed by atoms with E-state index in [0.717, 1.165) is 12.8 Å². The lowest BCUT2D eigenvalue weighted by molar-refractivity contribution is 0.372. The van der Waals surface area contributed by atoms with Gasteiger partial charge in [-0.05, 0) is 97.6 Å². The Morgan fingerprint density at radius 3 is 2.11 bits per heavy atom. The summed E-state index contributed by atoms with van der Waals surface area (Å²) in [5.41, 5.74) is 5.13. The lowest BCUT2D eigenvalue weighted by Gasteiger charge is -2.27. The highest BCUT2D eigenvalue weighted by Gasteiger charge is 2.21. The van der Waals surface area contributed by atoms with E-state index in [4.69, 9.17) is 4.74 Å². The Labute approximate surface area is 221 Å². The molecule has 0 saturated heterocycles. The van der Waals surface area contributed by atoms with E-state index in [1.807, 2.05) is 12.1 Å². The predicted molar refractivity (Wildman–Crippen MR) is 150 cm³/mol. The van der Waals surface area contributed by atoms with Crippen molar-refractivity contribution in [2.45, 2.75) is 77.0 Å². The summed E-state index contributed by atoms with van der Waals surface area (Å²) in [7, 11) is 1.34. The van der Waals surface area contributed by atoms with Gasteiger partial charge in [0.25, 0.3) is 0 Å². The highest BCUT2D eigenvalue weighted by molar-refractivity contribution is 5.65. The summed E-state index contributed by atoms with van der Waals surface area (Å²) in [5.74, 6) is -0.680. The van der Waals surface area contributed by atoms with Crippen LogP contribution in [0.3, 0.4) is 0 Å². The molecule has 1 nitrogen and oxygen atoms in total. The molecule has 0 spiro atoms. The van der Waals surface area contributed by atoms with Crippen LogP contribution in [0.2, 0.25) is 0 Å². The Hall–Kier alpha value is -2.94. The molecule has 0 atom stereocenters. The van der Waals surface area contributed by atoms with E-state index in [-0.39, 0.29) is 11.3 Å². The second-order valence-corrected chi connectivity index (χ2v) is 10.4. The van der Waals surface area contributed by atoms with E-state index in [1.165, 1.54) is 81.2 Å². The van der Waals surface area contributed by atoms with Crippen LogP contribution in [0.25, 0.3) is 11.1 Å². The molecule has 1 aliphatic carbocycles. The third-order valence-corrected chi connectivity index (χ3v) is 7.83. The Bertz CT molecular complexity index is 1140. The number of hydrogen-bond acceptors (Lipinski definition) is 1. The van der Waals surface area contributed by atoms with Crippen LogP contribution < -0.4 is 4.74 Å². The average Bonchev–Trinajstić information content (AvgIpc) is 2.94. The van der Waals surface area contributed by atoms with Crippen molar-refractivity contribution in [3.63, 3.8) is 0 Å². The quantitative estimate of drug-likeness (QED) is 0.187. The highest BCUT2D eigenvalue weighted by Crippen LogP contribution is 2.37. The summed E-state index contributed by atoms with van der Waals surface area (Å²) < 4.78 is 33.4. The van der Waals surface area contributed by atoms with E-state index in [1.54, 1.807) is 6.07 Å². The fraction of sp³-hybridized carbons (Fsp3) is 0.412. The first kappa shape index (κ1) is 27.1. The maximum Gasteiger partial charge on any atom is 0.201 e. The Balaban J connectivity index is 1.22. The van der Waals surface area contributed by atoms with Gasteiger partial charge in [-0.15, -0.1) is 0 Å². The van der Waals surface area contributed by atoms with E-state index < -0.39 is 11.6 Å². The summed E-state index contributed by atoms with van der Waals surface area (Å²) in [4.78, 5) is 0. The van der Waals surface area contributed by atoms with Gasteiger partial charge < -0.3 is 4.74 Å². The van der Waals surface area contributed by atoms with Crippen LogP contribution in [0.1, 0.15) is 80.9 Å². The van der Waals surface area contributed by atoms with E-state index >= 15 is 0 Å². The Kier molecular flexibility index (Phi) is 9.93. The second kappa shape index (κ2) is 13.6. The van der Waals surface area contributed by atoms with Crippen LogP contribution in [0.4, 0.5) is 8.78 Å². The number of rotatable bonds is 11. The minimum absolute atomic E-state index is 0.0736. The lowest BCUT2D eigenvalue weighted by Crippen LogP contribution is -2.11. The molecule has 0 bridgehead atoms. The van der Waals surface area contributed by atoms with Crippen molar-refractivity contribution in [1.82, 2.24) is 0 Å². The fourth-order valence-electron chi connectivity index (χ4n) is 5.48. The molecule has 1 aliphatic rings. The van der Waals surface area contributed by atoms with E-state index in [2.05, 4.69) is 55.5 Å². The van der Waals surface area contributed by atoms with Crippen molar-refractivity contribution in [2.75, 3.05) is 7.11 Å². The molecular formula is C34H40F2O. The zero-order valence-electron chi connectivity index (χ0n) is 22.3. The topological polar surface area (TPSA) is 9.23 Å². The molecule has 1 fully saturated rings. The zero-order chi connectivity index (χ0) is 26.0. The van der Waals surface area contributed by atoms with Crippen molar-refractivity contribution in [2.24, 2.45) is 5.92 Å². The number of hydrogen-bond donors (Lipinski definition) is 0. The average molecular weight is 503 g/mol. The van der Waals surface area contributed by atoms with Crippen LogP contribution in [0.15, 0.2) is 72.8 Å². The van der Waals surface area contributed by atoms with Gasteiger partial charge in [-0.3, -0.25) is 0 Å². The zero-order valence-corrected chi connectivity index (χ0v) is 22.3. The molecule has 0 aliphatic heterocycles. The molecule has 3 aromatic rings. The first-order chi connectivity index (χ1) is 18.1. The maximum absolute atomic E-state index is 14.5. The van der Waals surface area contributed by atoms with Crippen molar-refractivity contribution in [3.8, 4) is 16.9 Å². The minimum Gasteiger partial charge on any atom is -0.494 e. The Morgan fingerprint density at radius 1 is 0.784 bits per heavy atom. The van der Waals surface area contributed by atoms with Crippen LogP contribution in [-0.2, 0) is 12.8 Å². The molecule has 0 radical (unpaired) electrons. The van der Waals surface area contributed by atoms with Crippen molar-refractivity contribution >= 4 is 0 Å². The molecule has 3 heteroatoms. The summed E-state index contributed by atoms with van der Waals surface area (Å²) in [5, 5.41) is 0. The van der Waals surface area contributed by atoms with Gasteiger partial charge in [0.2, 0.25) is 5.82 Å². The number of methoxy groups -OCH3 is 1. The van der Waals surface area contributed by atoms with Gasteiger partial charge in [-0.2, -0.15) is 4.39 Å².